The fourth-order valence-electron chi connectivity index (χ4n) is 2.99. The molecule has 1 saturated heterocycles. The summed E-state index contributed by atoms with van der Waals surface area (Å²) in [5.74, 6) is 0.973. The van der Waals surface area contributed by atoms with E-state index in [0.29, 0.717) is 17.7 Å². The van der Waals surface area contributed by atoms with Crippen molar-refractivity contribution < 1.29 is 5.11 Å². The Balaban J connectivity index is 2.12. The van der Waals surface area contributed by atoms with Crippen molar-refractivity contribution >= 4 is 5.69 Å². The van der Waals surface area contributed by atoms with E-state index >= 15 is 0 Å². The number of nitrogens with one attached hydrogen (secondary N) is 1. The Hall–Kier alpha value is -1.22. The quantitative estimate of drug-likeness (QED) is 0.668. The van der Waals surface area contributed by atoms with Crippen LogP contribution in [-0.2, 0) is 0 Å². The number of hydrogen-bond acceptors (Lipinski definition) is 3. The first-order chi connectivity index (χ1) is 7.29. The molecule has 1 fully saturated rings. The Morgan fingerprint density at radius 1 is 1.47 bits per heavy atom. The van der Waals surface area contributed by atoms with Crippen molar-refractivity contribution in [1.82, 2.24) is 5.32 Å². The first-order valence-corrected chi connectivity index (χ1v) is 5.54. The van der Waals surface area contributed by atoms with Crippen LogP contribution in [0.1, 0.15) is 17.9 Å². The second-order valence-electron chi connectivity index (χ2n) is 4.49. The normalized spacial score (nSPS) is 28.7. The zero-order chi connectivity index (χ0) is 10.4. The molecule has 3 rings (SSSR count). The maximum absolute atomic E-state index is 9.94. The number of fused-ring (bicyclic) bond motifs is 3. The number of nitrogens with zero attached hydrogens (tertiary/aromatic N) is 1. The van der Waals surface area contributed by atoms with Gasteiger partial charge in [-0.2, -0.15) is 0 Å². The molecule has 0 aromatic heterocycles. The summed E-state index contributed by atoms with van der Waals surface area (Å²) in [5.41, 5.74) is 2.36. The number of phenolic OH excluding ortho intramolecular Hbond substituents is 1. The van der Waals surface area contributed by atoms with Gasteiger partial charge in [-0.15, -0.1) is 0 Å². The van der Waals surface area contributed by atoms with Crippen molar-refractivity contribution in [3.8, 4) is 5.75 Å². The van der Waals surface area contributed by atoms with Crippen molar-refractivity contribution in [3.05, 3.63) is 23.8 Å². The van der Waals surface area contributed by atoms with Crippen LogP contribution in [0.5, 0.6) is 5.75 Å². The zero-order valence-corrected chi connectivity index (χ0v) is 8.90. The SMILES string of the molecule is CN1c2cccc(O)c2C2CCNCC21. The van der Waals surface area contributed by atoms with Crippen LogP contribution in [0.3, 0.4) is 0 Å². The molecule has 0 radical (unpaired) electrons. The highest BCUT2D eigenvalue weighted by molar-refractivity contribution is 5.66. The molecule has 2 unspecified atom stereocenters. The van der Waals surface area contributed by atoms with Crippen molar-refractivity contribution in [2.45, 2.75) is 18.4 Å². The van der Waals surface area contributed by atoms with Gasteiger partial charge in [0.15, 0.2) is 0 Å². The molecule has 0 aliphatic carbocycles. The second-order valence-corrected chi connectivity index (χ2v) is 4.49. The number of aromatic hydroxyl groups is 1. The first-order valence-electron chi connectivity index (χ1n) is 5.54. The number of hydrogen-bond donors (Lipinski definition) is 2. The van der Waals surface area contributed by atoms with Gasteiger partial charge in [-0.3, -0.25) is 0 Å². The van der Waals surface area contributed by atoms with E-state index in [0.717, 1.165) is 25.1 Å². The van der Waals surface area contributed by atoms with E-state index < -0.39 is 0 Å². The van der Waals surface area contributed by atoms with Crippen LogP contribution in [0.15, 0.2) is 18.2 Å². The third-order valence-corrected chi connectivity index (χ3v) is 3.76. The van der Waals surface area contributed by atoms with E-state index in [1.54, 1.807) is 6.07 Å². The van der Waals surface area contributed by atoms with Gasteiger partial charge < -0.3 is 15.3 Å². The molecular weight excluding hydrogens is 188 g/mol. The molecule has 0 saturated carbocycles. The molecule has 0 bridgehead atoms. The van der Waals surface area contributed by atoms with Gasteiger partial charge in [-0.1, -0.05) is 6.07 Å². The minimum absolute atomic E-state index is 0.466. The number of piperidine rings is 1. The third kappa shape index (κ3) is 1.16. The van der Waals surface area contributed by atoms with Gasteiger partial charge >= 0.3 is 0 Å². The highest BCUT2D eigenvalue weighted by Gasteiger charge is 2.39. The molecule has 2 atom stereocenters. The average molecular weight is 204 g/mol. The van der Waals surface area contributed by atoms with Crippen LogP contribution < -0.4 is 10.2 Å². The van der Waals surface area contributed by atoms with Crippen molar-refractivity contribution in [3.63, 3.8) is 0 Å². The summed E-state index contributed by atoms with van der Waals surface area (Å²) < 4.78 is 0. The fourth-order valence-corrected chi connectivity index (χ4v) is 2.99. The maximum Gasteiger partial charge on any atom is 0.121 e. The Morgan fingerprint density at radius 3 is 3.20 bits per heavy atom. The van der Waals surface area contributed by atoms with Gasteiger partial charge in [0.2, 0.25) is 0 Å². The number of likely N-dealkylation sites (N-methyl/N-ethyl adjacent to an activating group) is 1. The highest BCUT2D eigenvalue weighted by atomic mass is 16.3. The summed E-state index contributed by atoms with van der Waals surface area (Å²) in [5, 5.41) is 13.4. The number of rotatable bonds is 0. The Bertz CT molecular complexity index is 391. The summed E-state index contributed by atoms with van der Waals surface area (Å²) >= 11 is 0. The summed E-state index contributed by atoms with van der Waals surface area (Å²) in [6.07, 6.45) is 1.12. The lowest BCUT2D eigenvalue weighted by Gasteiger charge is -2.31. The molecule has 2 aliphatic heterocycles. The average Bonchev–Trinajstić information content (AvgIpc) is 2.55. The molecule has 0 amide bonds. The van der Waals surface area contributed by atoms with Crippen LogP contribution in [0, 0.1) is 0 Å². The van der Waals surface area contributed by atoms with Crippen LogP contribution in [0.4, 0.5) is 5.69 Å². The molecule has 1 aromatic carbocycles. The predicted octanol–water partition coefficient (Wildman–Crippen LogP) is 1.29. The smallest absolute Gasteiger partial charge is 0.121 e. The van der Waals surface area contributed by atoms with E-state index in [2.05, 4.69) is 23.3 Å². The van der Waals surface area contributed by atoms with Crippen molar-refractivity contribution in [1.29, 1.82) is 0 Å². The molecule has 2 aliphatic rings. The predicted molar refractivity (Wildman–Crippen MR) is 60.5 cm³/mol. The monoisotopic (exact) mass is 204 g/mol. The third-order valence-electron chi connectivity index (χ3n) is 3.76. The van der Waals surface area contributed by atoms with Gasteiger partial charge in [0.05, 0.1) is 0 Å². The minimum atomic E-state index is 0.466. The van der Waals surface area contributed by atoms with Crippen LogP contribution in [0.2, 0.25) is 0 Å². The van der Waals surface area contributed by atoms with Gasteiger partial charge in [0, 0.05) is 36.8 Å². The molecule has 15 heavy (non-hydrogen) atoms. The summed E-state index contributed by atoms with van der Waals surface area (Å²) in [7, 11) is 2.12. The number of benzene rings is 1. The lowest BCUT2D eigenvalue weighted by atomic mass is 9.89. The largest absolute Gasteiger partial charge is 0.508 e. The van der Waals surface area contributed by atoms with Gasteiger partial charge in [-0.05, 0) is 25.1 Å². The molecule has 3 heteroatoms. The standard InChI is InChI=1S/C12H16N2O/c1-14-9-3-2-4-11(15)12(9)8-5-6-13-7-10(8)14/h2-4,8,10,13,15H,5-7H2,1H3. The van der Waals surface area contributed by atoms with Gasteiger partial charge in [-0.25, -0.2) is 0 Å². The maximum atomic E-state index is 9.94. The lowest BCUT2D eigenvalue weighted by molar-refractivity contribution is 0.399. The van der Waals surface area contributed by atoms with E-state index in [9.17, 15) is 5.11 Å². The van der Waals surface area contributed by atoms with Crippen LogP contribution >= 0.6 is 0 Å². The molecule has 1 aromatic rings. The van der Waals surface area contributed by atoms with Crippen molar-refractivity contribution in [2.75, 3.05) is 25.0 Å². The van der Waals surface area contributed by atoms with Gasteiger partial charge in [0.1, 0.15) is 5.75 Å². The molecule has 80 valence electrons. The van der Waals surface area contributed by atoms with E-state index in [1.807, 2.05) is 6.07 Å². The van der Waals surface area contributed by atoms with Gasteiger partial charge in [0.25, 0.3) is 0 Å². The Kier molecular flexibility index (Phi) is 1.89. The Morgan fingerprint density at radius 2 is 2.33 bits per heavy atom. The summed E-state index contributed by atoms with van der Waals surface area (Å²) in [6, 6.07) is 6.35. The Labute approximate surface area is 89.7 Å². The number of anilines is 1. The summed E-state index contributed by atoms with van der Waals surface area (Å²) in [6.45, 7) is 2.08. The first kappa shape index (κ1) is 9.04. The lowest BCUT2D eigenvalue weighted by Crippen LogP contribution is -2.44. The molecule has 2 N–H and O–H groups in total. The molecular formula is C12H16N2O. The zero-order valence-electron chi connectivity index (χ0n) is 8.90. The van der Waals surface area contributed by atoms with E-state index in [1.165, 1.54) is 5.69 Å². The fraction of sp³-hybridized carbons (Fsp3) is 0.500. The number of phenols is 1. The molecule has 2 heterocycles. The minimum Gasteiger partial charge on any atom is -0.508 e. The van der Waals surface area contributed by atoms with E-state index in [-0.39, 0.29) is 0 Å². The van der Waals surface area contributed by atoms with E-state index in [4.69, 9.17) is 0 Å². The second kappa shape index (κ2) is 3.14. The van der Waals surface area contributed by atoms with Crippen molar-refractivity contribution in [2.24, 2.45) is 0 Å². The topological polar surface area (TPSA) is 35.5 Å². The molecule has 0 spiro atoms. The molecule has 3 nitrogen and oxygen atoms in total. The summed E-state index contributed by atoms with van der Waals surface area (Å²) in [4.78, 5) is 2.30. The highest BCUT2D eigenvalue weighted by Crippen LogP contribution is 2.46. The van der Waals surface area contributed by atoms with Crippen LogP contribution in [0.25, 0.3) is 0 Å². The van der Waals surface area contributed by atoms with Crippen LogP contribution in [-0.4, -0.2) is 31.3 Å².